The largest absolute Gasteiger partial charge is 0.380 e. The third-order valence-electron chi connectivity index (χ3n) is 4.84. The Balaban J connectivity index is 4.60. The van der Waals surface area contributed by atoms with Crippen LogP contribution in [0.15, 0.2) is 0 Å². The second kappa shape index (κ2) is 11.2. The Morgan fingerprint density at radius 2 is 1.32 bits per heavy atom. The van der Waals surface area contributed by atoms with E-state index in [1.807, 2.05) is 34.7 Å². The molecule has 0 rings (SSSR count). The minimum atomic E-state index is -3.55. The molecule has 188 valence electrons. The lowest BCUT2D eigenvalue weighted by atomic mass is 9.94. The van der Waals surface area contributed by atoms with Crippen molar-refractivity contribution in [2.24, 2.45) is 10.8 Å². The van der Waals surface area contributed by atoms with Crippen molar-refractivity contribution in [2.75, 3.05) is 51.2 Å². The molecule has 10 heteroatoms. The average molecular weight is 487 g/mol. The molecule has 0 unspecified atom stereocenters. The fourth-order valence-corrected chi connectivity index (χ4v) is 6.18. The zero-order valence-corrected chi connectivity index (χ0v) is 22.8. The van der Waals surface area contributed by atoms with Crippen molar-refractivity contribution in [3.8, 4) is 0 Å². The van der Waals surface area contributed by atoms with E-state index in [4.69, 9.17) is 9.47 Å². The Labute approximate surface area is 191 Å². The standard InChI is InChI=1S/C21H46N2O6S2/c1-18(2,14-28-15-19(3,4)16-30(10,24)25)13-23-31(26,27)17-21(7,8)29-12-11-20(5,6)22-9/h22-23H,11-17H2,1-10H3. The maximum Gasteiger partial charge on any atom is 0.214 e. The molecule has 0 amide bonds. The molecule has 0 spiro atoms. The summed E-state index contributed by atoms with van der Waals surface area (Å²) in [6.45, 7) is 16.4. The number of hydrogen-bond acceptors (Lipinski definition) is 7. The Morgan fingerprint density at radius 3 is 1.81 bits per heavy atom. The Morgan fingerprint density at radius 1 is 0.806 bits per heavy atom. The molecule has 0 aromatic rings. The van der Waals surface area contributed by atoms with Crippen LogP contribution in [0.25, 0.3) is 0 Å². The molecule has 0 atom stereocenters. The van der Waals surface area contributed by atoms with Gasteiger partial charge in [-0.1, -0.05) is 27.7 Å². The van der Waals surface area contributed by atoms with Gasteiger partial charge in [0.25, 0.3) is 0 Å². The second-order valence-electron chi connectivity index (χ2n) is 11.5. The lowest BCUT2D eigenvalue weighted by Gasteiger charge is -2.31. The summed E-state index contributed by atoms with van der Waals surface area (Å²) in [6, 6.07) is 0. The van der Waals surface area contributed by atoms with Crippen molar-refractivity contribution >= 4 is 19.9 Å². The molecule has 8 nitrogen and oxygen atoms in total. The van der Waals surface area contributed by atoms with Crippen molar-refractivity contribution in [1.82, 2.24) is 10.0 Å². The predicted octanol–water partition coefficient (Wildman–Crippen LogP) is 2.20. The summed E-state index contributed by atoms with van der Waals surface area (Å²) in [5, 5.41) is 3.20. The molecule has 0 aliphatic carbocycles. The number of nitrogens with one attached hydrogen (secondary N) is 2. The van der Waals surface area contributed by atoms with Gasteiger partial charge < -0.3 is 14.8 Å². The van der Waals surface area contributed by atoms with Crippen molar-refractivity contribution in [3.05, 3.63) is 0 Å². The van der Waals surface area contributed by atoms with Gasteiger partial charge in [-0.15, -0.1) is 0 Å². The third-order valence-corrected chi connectivity index (χ3v) is 7.81. The predicted molar refractivity (Wildman–Crippen MR) is 128 cm³/mol. The van der Waals surface area contributed by atoms with Crippen LogP contribution in [-0.2, 0) is 29.3 Å². The summed E-state index contributed by atoms with van der Waals surface area (Å²) in [5.74, 6) is -0.105. The van der Waals surface area contributed by atoms with Gasteiger partial charge in [-0.25, -0.2) is 21.6 Å². The zero-order valence-electron chi connectivity index (χ0n) is 21.2. The van der Waals surface area contributed by atoms with Gasteiger partial charge in [0.1, 0.15) is 9.84 Å². The van der Waals surface area contributed by atoms with Crippen LogP contribution in [0.2, 0.25) is 0 Å². The minimum Gasteiger partial charge on any atom is -0.380 e. The fraction of sp³-hybridized carbons (Fsp3) is 1.00. The van der Waals surface area contributed by atoms with E-state index in [0.717, 1.165) is 6.42 Å². The van der Waals surface area contributed by atoms with Crippen molar-refractivity contribution < 1.29 is 26.3 Å². The van der Waals surface area contributed by atoms with Crippen LogP contribution in [0.3, 0.4) is 0 Å². The van der Waals surface area contributed by atoms with Gasteiger partial charge in [-0.3, -0.25) is 0 Å². The Hall–Kier alpha value is -0.260. The van der Waals surface area contributed by atoms with Crippen LogP contribution >= 0.6 is 0 Å². The van der Waals surface area contributed by atoms with E-state index in [1.54, 1.807) is 13.8 Å². The molecular weight excluding hydrogens is 440 g/mol. The monoisotopic (exact) mass is 486 g/mol. The summed E-state index contributed by atoms with van der Waals surface area (Å²) in [6.07, 6.45) is 1.97. The normalized spacial score (nSPS) is 14.8. The number of hydrogen-bond donors (Lipinski definition) is 2. The minimum absolute atomic E-state index is 0.0354. The first-order valence-electron chi connectivity index (χ1n) is 10.7. The maximum absolute atomic E-state index is 12.6. The first-order chi connectivity index (χ1) is 13.6. The van der Waals surface area contributed by atoms with E-state index >= 15 is 0 Å². The fourth-order valence-electron chi connectivity index (χ4n) is 2.97. The van der Waals surface area contributed by atoms with E-state index in [2.05, 4.69) is 23.9 Å². The van der Waals surface area contributed by atoms with Crippen molar-refractivity contribution in [2.45, 2.75) is 73.0 Å². The van der Waals surface area contributed by atoms with Gasteiger partial charge in [-0.05, 0) is 41.2 Å². The molecule has 0 radical (unpaired) electrons. The van der Waals surface area contributed by atoms with E-state index in [1.165, 1.54) is 6.26 Å². The van der Waals surface area contributed by atoms with Crippen LogP contribution < -0.4 is 10.0 Å². The highest BCUT2D eigenvalue weighted by molar-refractivity contribution is 7.90. The van der Waals surface area contributed by atoms with Gasteiger partial charge in [-0.2, -0.15) is 0 Å². The number of sulfone groups is 1. The molecule has 0 aromatic heterocycles. The van der Waals surface area contributed by atoms with Gasteiger partial charge >= 0.3 is 0 Å². The van der Waals surface area contributed by atoms with E-state index < -0.39 is 36.3 Å². The summed E-state index contributed by atoms with van der Waals surface area (Å²) < 4.78 is 62.5. The maximum atomic E-state index is 12.6. The second-order valence-corrected chi connectivity index (χ2v) is 15.4. The molecule has 0 saturated carbocycles. The first kappa shape index (κ1) is 30.7. The molecular formula is C21H46N2O6S2. The Kier molecular flexibility index (Phi) is 11.2. The first-order valence-corrected chi connectivity index (χ1v) is 14.4. The highest BCUT2D eigenvalue weighted by Crippen LogP contribution is 2.22. The molecule has 0 aliphatic rings. The molecule has 0 aromatic carbocycles. The van der Waals surface area contributed by atoms with Crippen molar-refractivity contribution in [3.63, 3.8) is 0 Å². The SMILES string of the molecule is CNC(C)(C)CCOC(C)(C)CS(=O)(=O)NCC(C)(C)COCC(C)(C)CS(C)(=O)=O. The summed E-state index contributed by atoms with van der Waals surface area (Å²) >= 11 is 0. The molecule has 0 bridgehead atoms. The quantitative estimate of drug-likeness (QED) is 0.344. The van der Waals surface area contributed by atoms with Crippen LogP contribution in [0, 0.1) is 10.8 Å². The number of rotatable bonds is 16. The Bertz CT molecular complexity index is 757. The van der Waals surface area contributed by atoms with Crippen LogP contribution in [-0.4, -0.2) is 79.2 Å². The summed E-state index contributed by atoms with van der Waals surface area (Å²) in [5.41, 5.74) is -1.85. The smallest absolute Gasteiger partial charge is 0.214 e. The molecule has 2 N–H and O–H groups in total. The highest BCUT2D eigenvalue weighted by Gasteiger charge is 2.30. The topological polar surface area (TPSA) is 111 Å². The molecule has 0 heterocycles. The number of sulfonamides is 1. The van der Waals surface area contributed by atoms with Gasteiger partial charge in [0, 0.05) is 35.8 Å². The van der Waals surface area contributed by atoms with Gasteiger partial charge in [0.2, 0.25) is 10.0 Å². The van der Waals surface area contributed by atoms with E-state index in [9.17, 15) is 16.8 Å². The average Bonchev–Trinajstić information content (AvgIpc) is 2.49. The van der Waals surface area contributed by atoms with E-state index in [-0.39, 0.29) is 30.2 Å². The van der Waals surface area contributed by atoms with Crippen LogP contribution in [0.4, 0.5) is 0 Å². The summed E-state index contributed by atoms with van der Waals surface area (Å²) in [4.78, 5) is 0. The molecule has 31 heavy (non-hydrogen) atoms. The highest BCUT2D eigenvalue weighted by atomic mass is 32.2. The lowest BCUT2D eigenvalue weighted by molar-refractivity contribution is -0.00883. The molecule has 0 aliphatic heterocycles. The van der Waals surface area contributed by atoms with Crippen LogP contribution in [0.5, 0.6) is 0 Å². The van der Waals surface area contributed by atoms with Gasteiger partial charge in [0.05, 0.1) is 30.3 Å². The van der Waals surface area contributed by atoms with Crippen molar-refractivity contribution in [1.29, 1.82) is 0 Å². The van der Waals surface area contributed by atoms with E-state index in [0.29, 0.717) is 13.2 Å². The summed E-state index contributed by atoms with van der Waals surface area (Å²) in [7, 11) is -4.76. The third kappa shape index (κ3) is 16.1. The zero-order chi connectivity index (χ0) is 24.8. The van der Waals surface area contributed by atoms with Gasteiger partial charge in [0.15, 0.2) is 0 Å². The van der Waals surface area contributed by atoms with Crippen LogP contribution in [0.1, 0.15) is 61.8 Å². The molecule has 0 fully saturated rings. The number of ether oxygens (including phenoxy) is 2. The lowest BCUT2D eigenvalue weighted by Crippen LogP contribution is -2.44. The molecule has 0 saturated heterocycles.